The second-order valence-corrected chi connectivity index (χ2v) is 6.23. The first kappa shape index (κ1) is 23.5. The second-order valence-electron chi connectivity index (χ2n) is 6.23. The van der Waals surface area contributed by atoms with Crippen LogP contribution in [0.5, 0.6) is 5.75 Å². The lowest BCUT2D eigenvalue weighted by Gasteiger charge is -2.12. The molecule has 0 fully saturated rings. The molecule has 0 saturated heterocycles. The maximum Gasteiger partial charge on any atom is 0.257 e. The van der Waals surface area contributed by atoms with Crippen LogP contribution in [0.4, 0.5) is 11.4 Å². The van der Waals surface area contributed by atoms with Gasteiger partial charge in [0.25, 0.3) is 5.91 Å². The molecule has 6 nitrogen and oxygen atoms in total. The van der Waals surface area contributed by atoms with Crippen molar-refractivity contribution in [3.05, 3.63) is 54.1 Å². The molecule has 2 rings (SSSR count). The first-order valence-corrected chi connectivity index (χ1v) is 9.18. The smallest absolute Gasteiger partial charge is 0.257 e. The molecule has 0 aliphatic rings. The van der Waals surface area contributed by atoms with Crippen molar-refractivity contribution in [3.63, 3.8) is 0 Å². The molecule has 0 aliphatic carbocycles. The lowest BCUT2D eigenvalue weighted by atomic mass is 10.1. The van der Waals surface area contributed by atoms with Gasteiger partial charge < -0.3 is 21.1 Å². The van der Waals surface area contributed by atoms with Crippen LogP contribution in [-0.2, 0) is 4.79 Å². The molecule has 0 unspecified atom stereocenters. The summed E-state index contributed by atoms with van der Waals surface area (Å²) < 4.78 is 5.11. The number of nitrogens with two attached hydrogens (primary N) is 1. The Balaban J connectivity index is 0.00000392. The van der Waals surface area contributed by atoms with Crippen molar-refractivity contribution < 1.29 is 14.3 Å². The van der Waals surface area contributed by atoms with Gasteiger partial charge in [0, 0.05) is 12.1 Å². The van der Waals surface area contributed by atoms with E-state index in [1.807, 2.05) is 0 Å². The van der Waals surface area contributed by atoms with E-state index in [2.05, 4.69) is 10.6 Å². The summed E-state index contributed by atoms with van der Waals surface area (Å²) in [4.78, 5) is 24.8. The summed E-state index contributed by atoms with van der Waals surface area (Å²) in [6.45, 7) is 0.683. The van der Waals surface area contributed by atoms with Gasteiger partial charge in [0.15, 0.2) is 0 Å². The number of benzene rings is 2. The number of carbonyl (C=O) groups excluding carboxylic acids is 2. The molecule has 0 atom stereocenters. The molecular formula is C21H28ClN3O3. The van der Waals surface area contributed by atoms with Crippen LogP contribution < -0.4 is 21.1 Å². The highest BCUT2D eigenvalue weighted by Crippen LogP contribution is 2.20. The monoisotopic (exact) mass is 405 g/mol. The number of hydrogen-bond acceptors (Lipinski definition) is 4. The number of ether oxygens (including phenoxy) is 1. The van der Waals surface area contributed by atoms with Crippen molar-refractivity contribution in [3.8, 4) is 5.75 Å². The number of anilines is 2. The third-order valence-corrected chi connectivity index (χ3v) is 4.15. The minimum absolute atomic E-state index is 0. The van der Waals surface area contributed by atoms with Crippen LogP contribution >= 0.6 is 12.4 Å². The fraction of sp³-hybridized carbons (Fsp3) is 0.333. The largest absolute Gasteiger partial charge is 0.497 e. The van der Waals surface area contributed by atoms with Crippen molar-refractivity contribution in [1.82, 2.24) is 0 Å². The highest BCUT2D eigenvalue weighted by atomic mass is 35.5. The van der Waals surface area contributed by atoms with E-state index in [1.165, 1.54) is 0 Å². The molecule has 2 aromatic carbocycles. The van der Waals surface area contributed by atoms with E-state index in [0.29, 0.717) is 35.7 Å². The first-order valence-electron chi connectivity index (χ1n) is 9.18. The molecule has 0 aromatic heterocycles. The molecule has 0 radical (unpaired) electrons. The normalized spacial score (nSPS) is 9.93. The number of para-hydroxylation sites is 1. The fourth-order valence-corrected chi connectivity index (χ4v) is 2.66. The third kappa shape index (κ3) is 7.58. The quantitative estimate of drug-likeness (QED) is 0.516. The number of unbranched alkanes of at least 4 members (excludes halogenated alkanes) is 3. The Bertz CT molecular complexity index is 751. The Morgan fingerprint density at radius 1 is 0.929 bits per heavy atom. The zero-order chi connectivity index (χ0) is 19.5. The second kappa shape index (κ2) is 12.8. The van der Waals surface area contributed by atoms with Gasteiger partial charge in [0.1, 0.15) is 5.75 Å². The van der Waals surface area contributed by atoms with Gasteiger partial charge in [-0.2, -0.15) is 0 Å². The van der Waals surface area contributed by atoms with Gasteiger partial charge in [-0.3, -0.25) is 9.59 Å². The molecule has 152 valence electrons. The van der Waals surface area contributed by atoms with Crippen molar-refractivity contribution in [1.29, 1.82) is 0 Å². The zero-order valence-electron chi connectivity index (χ0n) is 16.1. The summed E-state index contributed by atoms with van der Waals surface area (Å²) >= 11 is 0. The van der Waals surface area contributed by atoms with Crippen molar-refractivity contribution in [2.45, 2.75) is 32.1 Å². The first-order chi connectivity index (χ1) is 13.1. The Morgan fingerprint density at radius 2 is 1.61 bits per heavy atom. The summed E-state index contributed by atoms with van der Waals surface area (Å²) in [5.74, 6) is 0.346. The van der Waals surface area contributed by atoms with Crippen molar-refractivity contribution in [2.24, 2.45) is 5.73 Å². The maximum atomic E-state index is 12.6. The fourth-order valence-electron chi connectivity index (χ4n) is 2.66. The van der Waals surface area contributed by atoms with Crippen LogP contribution in [0, 0.1) is 0 Å². The lowest BCUT2D eigenvalue weighted by molar-refractivity contribution is -0.116. The molecule has 4 N–H and O–H groups in total. The van der Waals surface area contributed by atoms with E-state index in [4.69, 9.17) is 10.5 Å². The number of carbonyl (C=O) groups is 2. The Hall–Kier alpha value is -2.57. The van der Waals surface area contributed by atoms with Crippen molar-refractivity contribution >= 4 is 35.6 Å². The summed E-state index contributed by atoms with van der Waals surface area (Å²) in [6.07, 6.45) is 4.23. The molecule has 2 amide bonds. The van der Waals surface area contributed by atoms with E-state index in [0.717, 1.165) is 25.7 Å². The van der Waals surface area contributed by atoms with Gasteiger partial charge in [-0.15, -0.1) is 12.4 Å². The average molecular weight is 406 g/mol. The van der Waals surface area contributed by atoms with Gasteiger partial charge in [0.05, 0.1) is 18.4 Å². The summed E-state index contributed by atoms with van der Waals surface area (Å²) in [6, 6.07) is 14.1. The third-order valence-electron chi connectivity index (χ3n) is 4.15. The topological polar surface area (TPSA) is 93.5 Å². The van der Waals surface area contributed by atoms with Crippen LogP contribution in [0.2, 0.25) is 0 Å². The van der Waals surface area contributed by atoms with E-state index < -0.39 is 0 Å². The highest BCUT2D eigenvalue weighted by Gasteiger charge is 2.13. The van der Waals surface area contributed by atoms with Crippen LogP contribution in [-0.4, -0.2) is 25.5 Å². The van der Waals surface area contributed by atoms with E-state index >= 15 is 0 Å². The van der Waals surface area contributed by atoms with Crippen LogP contribution in [0.3, 0.4) is 0 Å². The molecular weight excluding hydrogens is 378 g/mol. The number of methoxy groups -OCH3 is 1. The van der Waals surface area contributed by atoms with E-state index in [9.17, 15) is 9.59 Å². The van der Waals surface area contributed by atoms with Crippen LogP contribution in [0.15, 0.2) is 48.5 Å². The average Bonchev–Trinajstić information content (AvgIpc) is 2.68. The Morgan fingerprint density at radius 3 is 2.29 bits per heavy atom. The van der Waals surface area contributed by atoms with E-state index in [-0.39, 0.29) is 24.2 Å². The summed E-state index contributed by atoms with van der Waals surface area (Å²) in [7, 11) is 1.59. The number of amides is 2. The van der Waals surface area contributed by atoms with Crippen molar-refractivity contribution in [2.75, 3.05) is 24.3 Å². The molecule has 0 heterocycles. The Kier molecular flexibility index (Phi) is 10.7. The van der Waals surface area contributed by atoms with Gasteiger partial charge in [-0.25, -0.2) is 0 Å². The molecule has 2 aromatic rings. The zero-order valence-corrected chi connectivity index (χ0v) is 16.9. The molecule has 0 bridgehead atoms. The van der Waals surface area contributed by atoms with Gasteiger partial charge >= 0.3 is 0 Å². The highest BCUT2D eigenvalue weighted by molar-refractivity contribution is 6.10. The van der Waals surface area contributed by atoms with E-state index in [1.54, 1.807) is 55.6 Å². The van der Waals surface area contributed by atoms with Crippen LogP contribution in [0.1, 0.15) is 42.5 Å². The molecule has 0 spiro atoms. The SMILES string of the molecule is COc1ccc(NC(=O)c2ccccc2NC(=O)CCCCCCN)cc1.Cl. The maximum absolute atomic E-state index is 12.6. The molecule has 0 saturated carbocycles. The molecule has 28 heavy (non-hydrogen) atoms. The minimum atomic E-state index is -0.279. The summed E-state index contributed by atoms with van der Waals surface area (Å²) in [5.41, 5.74) is 7.05. The number of nitrogens with one attached hydrogen (secondary N) is 2. The van der Waals surface area contributed by atoms with Crippen LogP contribution in [0.25, 0.3) is 0 Å². The number of hydrogen-bond donors (Lipinski definition) is 3. The summed E-state index contributed by atoms with van der Waals surface area (Å²) in [5, 5.41) is 5.67. The number of halogens is 1. The molecule has 7 heteroatoms. The van der Waals surface area contributed by atoms with Gasteiger partial charge in [-0.1, -0.05) is 25.0 Å². The van der Waals surface area contributed by atoms with Gasteiger partial charge in [0.2, 0.25) is 5.91 Å². The number of rotatable bonds is 10. The predicted molar refractivity (Wildman–Crippen MR) is 115 cm³/mol. The Labute approximate surface area is 172 Å². The predicted octanol–water partition coefficient (Wildman–Crippen LogP) is 4.22. The molecule has 0 aliphatic heterocycles. The minimum Gasteiger partial charge on any atom is -0.497 e. The van der Waals surface area contributed by atoms with Gasteiger partial charge in [-0.05, 0) is 55.8 Å². The lowest BCUT2D eigenvalue weighted by Crippen LogP contribution is -2.18. The standard InChI is InChI=1S/C21H27N3O3.ClH/c1-27-17-13-11-16(12-14-17)23-21(26)18-8-5-6-9-19(18)24-20(25)10-4-2-3-7-15-22;/h5-6,8-9,11-14H,2-4,7,10,15,22H2,1H3,(H,23,26)(H,24,25);1H.